The van der Waals surface area contributed by atoms with Crippen LogP contribution in [-0.2, 0) is 11.3 Å². The second kappa shape index (κ2) is 10.1. The summed E-state index contributed by atoms with van der Waals surface area (Å²) in [5.41, 5.74) is 2.44. The van der Waals surface area contributed by atoms with Gasteiger partial charge in [-0.05, 0) is 30.3 Å². The van der Waals surface area contributed by atoms with Crippen molar-refractivity contribution in [1.29, 1.82) is 5.26 Å². The summed E-state index contributed by atoms with van der Waals surface area (Å²) in [6, 6.07) is 24.0. The Morgan fingerprint density at radius 2 is 1.86 bits per heavy atom. The number of hydrogen-bond acceptors (Lipinski definition) is 6. The van der Waals surface area contributed by atoms with E-state index in [2.05, 4.69) is 15.5 Å². The smallest absolute Gasteiger partial charge is 0.273 e. The molecular weight excluding hydrogens is 474 g/mol. The molecule has 5 rings (SSSR count). The van der Waals surface area contributed by atoms with Crippen LogP contribution in [0.2, 0.25) is 0 Å². The first-order valence-corrected chi connectivity index (χ1v) is 11.8. The molecule has 0 bridgehead atoms. The predicted molar refractivity (Wildman–Crippen MR) is 136 cm³/mol. The molecule has 0 spiro atoms. The Balaban J connectivity index is 1.68. The minimum atomic E-state index is -0.598. The van der Waals surface area contributed by atoms with Crippen molar-refractivity contribution in [2.45, 2.75) is 6.54 Å². The van der Waals surface area contributed by atoms with Gasteiger partial charge < -0.3 is 9.73 Å². The second-order valence-electron chi connectivity index (χ2n) is 7.71. The Labute approximate surface area is 209 Å². The number of aromatic nitrogens is 3. The molecule has 5 aromatic rings. The van der Waals surface area contributed by atoms with Crippen LogP contribution in [0.1, 0.15) is 11.3 Å². The summed E-state index contributed by atoms with van der Waals surface area (Å²) in [6.07, 6.45) is 4.86. The Hall–Kier alpha value is -4.94. The molecule has 2 aromatic carbocycles. The third-order valence-corrected chi connectivity index (χ3v) is 6.50. The number of hydrogen-bond donors (Lipinski definition) is 2. The lowest BCUT2D eigenvalue weighted by molar-refractivity contribution is -0.115. The Kier molecular flexibility index (Phi) is 6.42. The molecule has 3 aromatic heterocycles. The average Bonchev–Trinajstić information content (AvgIpc) is 3.66. The van der Waals surface area contributed by atoms with Crippen molar-refractivity contribution in [2.24, 2.45) is 0 Å². The first kappa shape index (κ1) is 22.8. The van der Waals surface area contributed by atoms with Crippen LogP contribution < -0.4 is 20.1 Å². The molecule has 0 saturated carbocycles. The fraction of sp³-hybridized carbons (Fsp3) is 0.0370. The monoisotopic (exact) mass is 493 g/mol. The largest absolute Gasteiger partial charge is 0.467 e. The van der Waals surface area contributed by atoms with E-state index < -0.39 is 5.91 Å². The quantitative estimate of drug-likeness (QED) is 0.377. The van der Waals surface area contributed by atoms with Crippen LogP contribution in [0.5, 0.6) is 0 Å². The van der Waals surface area contributed by atoms with Gasteiger partial charge in [0.2, 0.25) is 0 Å². The number of para-hydroxylation sites is 1. The number of aromatic amines is 1. The van der Waals surface area contributed by atoms with Crippen molar-refractivity contribution in [1.82, 2.24) is 20.1 Å². The molecule has 176 valence electrons. The highest BCUT2D eigenvalue weighted by Gasteiger charge is 2.17. The number of carbonyl (C=O) groups excluding carboxylic acids is 1. The molecule has 0 aliphatic carbocycles. The van der Waals surface area contributed by atoms with Crippen molar-refractivity contribution >= 4 is 28.9 Å². The van der Waals surface area contributed by atoms with Crippen LogP contribution in [-0.4, -0.2) is 20.7 Å². The van der Waals surface area contributed by atoms with Crippen molar-refractivity contribution in [2.75, 3.05) is 0 Å². The summed E-state index contributed by atoms with van der Waals surface area (Å²) >= 11 is 1.08. The zero-order chi connectivity index (χ0) is 24.9. The van der Waals surface area contributed by atoms with Gasteiger partial charge >= 0.3 is 0 Å². The maximum absolute atomic E-state index is 13.6. The first-order valence-electron chi connectivity index (χ1n) is 11.0. The molecule has 0 unspecified atom stereocenters. The van der Waals surface area contributed by atoms with E-state index in [4.69, 9.17) is 4.42 Å². The van der Waals surface area contributed by atoms with Crippen LogP contribution in [0, 0.1) is 11.3 Å². The molecule has 3 heterocycles. The topological polar surface area (TPSA) is 117 Å². The van der Waals surface area contributed by atoms with Gasteiger partial charge in [-0.25, -0.2) is 0 Å². The molecule has 9 heteroatoms. The molecule has 8 nitrogen and oxygen atoms in total. The van der Waals surface area contributed by atoms with Crippen LogP contribution in [0.15, 0.2) is 94.5 Å². The van der Waals surface area contributed by atoms with E-state index in [9.17, 15) is 14.9 Å². The molecule has 0 fully saturated rings. The number of thiazole rings is 1. The SMILES string of the molecule is N#CC(C(=O)NCc1ccco1)=c1sc(=Cc2cn[nH]c2-c2ccccc2)c(=O)n1-c1ccccc1. The second-order valence-corrected chi connectivity index (χ2v) is 8.74. The number of nitrogens with zero attached hydrogens (tertiary/aromatic N) is 3. The molecule has 36 heavy (non-hydrogen) atoms. The molecule has 2 N–H and O–H groups in total. The number of nitriles is 1. The molecule has 0 aliphatic heterocycles. The Morgan fingerprint density at radius 1 is 1.11 bits per heavy atom. The van der Waals surface area contributed by atoms with Gasteiger partial charge in [-0.2, -0.15) is 10.4 Å². The number of furan rings is 1. The van der Waals surface area contributed by atoms with Gasteiger partial charge in [0, 0.05) is 11.1 Å². The van der Waals surface area contributed by atoms with E-state index in [1.54, 1.807) is 48.7 Å². The molecule has 1 amide bonds. The third-order valence-electron chi connectivity index (χ3n) is 5.41. The highest BCUT2D eigenvalue weighted by Crippen LogP contribution is 2.21. The van der Waals surface area contributed by atoms with Gasteiger partial charge in [0.05, 0.1) is 34.9 Å². The number of carbonyl (C=O) groups is 1. The maximum atomic E-state index is 13.6. The summed E-state index contributed by atoms with van der Waals surface area (Å²) in [5.74, 6) is -0.0469. The lowest BCUT2D eigenvalue weighted by Crippen LogP contribution is -2.33. The lowest BCUT2D eigenvalue weighted by atomic mass is 10.1. The highest BCUT2D eigenvalue weighted by atomic mass is 32.1. The van der Waals surface area contributed by atoms with Crippen LogP contribution in [0.4, 0.5) is 0 Å². The van der Waals surface area contributed by atoms with E-state index in [-0.39, 0.29) is 22.3 Å². The summed E-state index contributed by atoms with van der Waals surface area (Å²) in [4.78, 5) is 26.6. The van der Waals surface area contributed by atoms with E-state index >= 15 is 0 Å². The van der Waals surface area contributed by atoms with Crippen LogP contribution in [0.25, 0.3) is 28.6 Å². The number of H-pyrrole nitrogens is 1. The summed E-state index contributed by atoms with van der Waals surface area (Å²) in [5, 5.41) is 19.7. The normalized spacial score (nSPS) is 12.2. The minimum absolute atomic E-state index is 0.117. The molecule has 0 aliphatic rings. The fourth-order valence-electron chi connectivity index (χ4n) is 3.71. The highest BCUT2D eigenvalue weighted by molar-refractivity contribution is 7.07. The van der Waals surface area contributed by atoms with Crippen LogP contribution in [0.3, 0.4) is 0 Å². The lowest BCUT2D eigenvalue weighted by Gasteiger charge is -2.04. The van der Waals surface area contributed by atoms with Gasteiger partial charge in [0.15, 0.2) is 5.57 Å². The van der Waals surface area contributed by atoms with Crippen molar-refractivity contribution in [3.63, 3.8) is 0 Å². The van der Waals surface area contributed by atoms with Gasteiger partial charge in [-0.1, -0.05) is 48.5 Å². The number of rotatable bonds is 6. The molecular formula is C27H19N5O3S. The first-order chi connectivity index (χ1) is 17.7. The standard InChI is InChI=1S/C27H19N5O3S/c28-15-22(25(33)29-17-21-12-7-13-35-21)27-32(20-10-5-2-6-11-20)26(34)23(36-27)14-19-16-30-31-24(19)18-8-3-1-4-9-18/h1-14,16H,17H2,(H,29,33)(H,30,31). The van der Waals surface area contributed by atoms with Crippen LogP contribution >= 0.6 is 11.3 Å². The molecule has 0 saturated heterocycles. The third kappa shape index (κ3) is 4.53. The van der Waals surface area contributed by atoms with Crippen molar-refractivity contribution in [3.8, 4) is 23.0 Å². The van der Waals surface area contributed by atoms with Gasteiger partial charge in [0.25, 0.3) is 11.5 Å². The zero-order valence-electron chi connectivity index (χ0n) is 18.8. The van der Waals surface area contributed by atoms with Gasteiger partial charge in [0.1, 0.15) is 16.5 Å². The predicted octanol–water partition coefficient (Wildman–Crippen LogP) is 2.70. The van der Waals surface area contributed by atoms with E-state index in [0.29, 0.717) is 21.5 Å². The average molecular weight is 494 g/mol. The van der Waals surface area contributed by atoms with Crippen molar-refractivity contribution in [3.05, 3.63) is 116 Å². The molecule has 0 atom stereocenters. The zero-order valence-corrected chi connectivity index (χ0v) is 19.7. The van der Waals surface area contributed by atoms with E-state index in [1.807, 2.05) is 42.5 Å². The maximum Gasteiger partial charge on any atom is 0.273 e. The van der Waals surface area contributed by atoms with Gasteiger partial charge in [-0.15, -0.1) is 11.3 Å². The molecule has 0 radical (unpaired) electrons. The van der Waals surface area contributed by atoms with Gasteiger partial charge in [-0.3, -0.25) is 19.3 Å². The summed E-state index contributed by atoms with van der Waals surface area (Å²) in [7, 11) is 0. The Morgan fingerprint density at radius 3 is 2.56 bits per heavy atom. The summed E-state index contributed by atoms with van der Waals surface area (Å²) < 4.78 is 7.24. The number of amides is 1. The van der Waals surface area contributed by atoms with E-state index in [0.717, 1.165) is 22.6 Å². The van der Waals surface area contributed by atoms with E-state index in [1.165, 1.54) is 10.8 Å². The summed E-state index contributed by atoms with van der Waals surface area (Å²) in [6.45, 7) is 0.117. The number of nitrogens with one attached hydrogen (secondary N) is 2. The fourth-order valence-corrected chi connectivity index (χ4v) is 4.80. The minimum Gasteiger partial charge on any atom is -0.467 e. The number of benzene rings is 2. The Bertz CT molecular complexity index is 1720. The van der Waals surface area contributed by atoms with Crippen molar-refractivity contribution < 1.29 is 9.21 Å².